The normalized spacial score (nSPS) is 34.8. The van der Waals surface area contributed by atoms with E-state index in [4.69, 9.17) is 5.11 Å². The van der Waals surface area contributed by atoms with Crippen LogP contribution in [-0.2, 0) is 14.4 Å². The minimum Gasteiger partial charge on any atom is -0.383 e. The number of aliphatic hydroxyl groups is 1. The van der Waals surface area contributed by atoms with Gasteiger partial charge in [0.15, 0.2) is 0 Å². The van der Waals surface area contributed by atoms with E-state index >= 15 is 0 Å². The number of rotatable bonds is 0. The van der Waals surface area contributed by atoms with Gasteiger partial charge in [-0.15, -0.1) is 0 Å². The maximum absolute atomic E-state index is 11.0. The number of aliphatic hydroxyl groups excluding tert-OH is 1. The molecule has 64 valence electrons. The zero-order valence-corrected chi connectivity index (χ0v) is 6.19. The molecule has 2 fully saturated rings. The fourth-order valence-electron chi connectivity index (χ4n) is 1.68. The average molecular weight is 169 g/mol. The first kappa shape index (κ1) is 7.42. The zero-order valence-electron chi connectivity index (χ0n) is 6.19. The van der Waals surface area contributed by atoms with Crippen LogP contribution in [-0.4, -0.2) is 39.7 Å². The number of carbonyl (C=O) groups excluding carboxylic acids is 3. The molecule has 5 heteroatoms. The lowest BCUT2D eigenvalue weighted by Crippen LogP contribution is -2.35. The molecule has 1 N–H and O–H groups in total. The Morgan fingerprint density at radius 2 is 2.00 bits per heavy atom. The number of nitrogens with zero attached hydrogens (tertiary/aromatic N) is 1. The molecule has 0 bridgehead atoms. The average Bonchev–Trinajstić information content (AvgIpc) is 2.40. The first-order valence-corrected chi connectivity index (χ1v) is 3.69. The number of carbonyl (C=O) groups is 3. The van der Waals surface area contributed by atoms with Crippen LogP contribution in [0.1, 0.15) is 12.8 Å². The van der Waals surface area contributed by atoms with E-state index in [-0.39, 0.29) is 18.9 Å². The monoisotopic (exact) mass is 169 g/mol. The summed E-state index contributed by atoms with van der Waals surface area (Å²) in [5.74, 6) is -1.92. The van der Waals surface area contributed by atoms with Gasteiger partial charge in [-0.05, 0) is 0 Å². The number of Topliss-reactive ketones (excluding diaryl/α,β-unsaturated/α-hetero) is 1. The maximum Gasteiger partial charge on any atom is 0.296 e. The minimum absolute atomic E-state index is 0.0711. The number of hydrogen-bond acceptors (Lipinski definition) is 4. The molecule has 2 aliphatic rings. The van der Waals surface area contributed by atoms with Crippen molar-refractivity contribution in [2.75, 3.05) is 0 Å². The molecule has 2 heterocycles. The molecule has 2 aliphatic heterocycles. The van der Waals surface area contributed by atoms with Gasteiger partial charge >= 0.3 is 0 Å². The standard InChI is InChI=1S/C7H7NO4/c9-4-1-3-2-5(10)7(12)8(3)6(4)11/h3-4,9H,1-2H2. The van der Waals surface area contributed by atoms with Crippen molar-refractivity contribution in [3.63, 3.8) is 0 Å². The molecule has 2 unspecified atom stereocenters. The minimum atomic E-state index is -1.09. The molecule has 0 spiro atoms. The maximum atomic E-state index is 11.0. The Kier molecular flexibility index (Phi) is 1.32. The molecule has 0 aromatic heterocycles. The van der Waals surface area contributed by atoms with E-state index < -0.39 is 23.7 Å². The molecule has 0 aromatic rings. The second kappa shape index (κ2) is 2.13. The van der Waals surface area contributed by atoms with Gasteiger partial charge in [-0.3, -0.25) is 19.3 Å². The Labute approximate surface area is 68.0 Å². The summed E-state index contributed by atoms with van der Waals surface area (Å²) in [6.45, 7) is 0. The predicted molar refractivity (Wildman–Crippen MR) is 35.9 cm³/mol. The summed E-state index contributed by atoms with van der Waals surface area (Å²) in [6, 6.07) is -0.382. The lowest BCUT2D eigenvalue weighted by Gasteiger charge is -2.09. The van der Waals surface area contributed by atoms with Crippen molar-refractivity contribution in [2.45, 2.75) is 25.0 Å². The van der Waals surface area contributed by atoms with Crippen LogP contribution < -0.4 is 0 Å². The SMILES string of the molecule is O=C1CC2CC(O)C(=O)N2C1=O. The van der Waals surface area contributed by atoms with Crippen LogP contribution in [0.25, 0.3) is 0 Å². The first-order valence-electron chi connectivity index (χ1n) is 3.69. The Balaban J connectivity index is 2.32. The molecule has 2 saturated heterocycles. The van der Waals surface area contributed by atoms with Crippen molar-refractivity contribution in [1.29, 1.82) is 0 Å². The van der Waals surface area contributed by atoms with E-state index in [9.17, 15) is 14.4 Å². The second-order valence-electron chi connectivity index (χ2n) is 3.05. The summed E-state index contributed by atoms with van der Waals surface area (Å²) >= 11 is 0. The Hall–Kier alpha value is -1.23. The summed E-state index contributed by atoms with van der Waals surface area (Å²) < 4.78 is 0. The quantitative estimate of drug-likeness (QED) is 0.352. The molecule has 5 nitrogen and oxygen atoms in total. The molecular weight excluding hydrogens is 162 g/mol. The highest BCUT2D eigenvalue weighted by atomic mass is 16.3. The number of amides is 2. The van der Waals surface area contributed by atoms with Gasteiger partial charge in [0.05, 0.1) is 6.04 Å². The predicted octanol–water partition coefficient (Wildman–Crippen LogP) is -1.55. The molecule has 2 atom stereocenters. The van der Waals surface area contributed by atoms with E-state index in [1.165, 1.54) is 0 Å². The van der Waals surface area contributed by atoms with E-state index in [0.29, 0.717) is 0 Å². The summed E-state index contributed by atoms with van der Waals surface area (Å²) in [5, 5.41) is 9.05. The fourth-order valence-corrected chi connectivity index (χ4v) is 1.68. The fraction of sp³-hybridized carbons (Fsp3) is 0.571. The largest absolute Gasteiger partial charge is 0.383 e. The Bertz CT molecular complexity index is 285. The van der Waals surface area contributed by atoms with E-state index in [1.54, 1.807) is 0 Å². The Morgan fingerprint density at radius 1 is 1.33 bits per heavy atom. The number of imide groups is 1. The second-order valence-corrected chi connectivity index (χ2v) is 3.05. The summed E-state index contributed by atoms with van der Waals surface area (Å²) in [7, 11) is 0. The first-order chi connectivity index (χ1) is 5.61. The topological polar surface area (TPSA) is 74.7 Å². The van der Waals surface area contributed by atoms with Crippen LogP contribution in [0.3, 0.4) is 0 Å². The smallest absolute Gasteiger partial charge is 0.296 e. The Morgan fingerprint density at radius 3 is 2.58 bits per heavy atom. The molecule has 0 saturated carbocycles. The summed E-state index contributed by atoms with van der Waals surface area (Å²) in [5.41, 5.74) is 0. The van der Waals surface area contributed by atoms with E-state index in [0.717, 1.165) is 4.90 Å². The van der Waals surface area contributed by atoms with Crippen molar-refractivity contribution in [2.24, 2.45) is 0 Å². The van der Waals surface area contributed by atoms with Crippen molar-refractivity contribution in [1.82, 2.24) is 4.90 Å². The van der Waals surface area contributed by atoms with Crippen molar-refractivity contribution < 1.29 is 19.5 Å². The van der Waals surface area contributed by atoms with Gasteiger partial charge in [0.25, 0.3) is 11.8 Å². The van der Waals surface area contributed by atoms with Crippen molar-refractivity contribution in [3.8, 4) is 0 Å². The van der Waals surface area contributed by atoms with E-state index in [2.05, 4.69) is 0 Å². The van der Waals surface area contributed by atoms with Crippen LogP contribution in [0.5, 0.6) is 0 Å². The highest BCUT2D eigenvalue weighted by Crippen LogP contribution is 2.27. The third kappa shape index (κ3) is 0.739. The zero-order chi connectivity index (χ0) is 8.88. The van der Waals surface area contributed by atoms with Crippen LogP contribution in [0.4, 0.5) is 0 Å². The van der Waals surface area contributed by atoms with Gasteiger partial charge in [0, 0.05) is 12.8 Å². The number of ketones is 1. The molecule has 12 heavy (non-hydrogen) atoms. The lowest BCUT2D eigenvalue weighted by molar-refractivity contribution is -0.148. The molecule has 2 amide bonds. The van der Waals surface area contributed by atoms with Gasteiger partial charge in [0.2, 0.25) is 5.78 Å². The highest BCUT2D eigenvalue weighted by molar-refractivity contribution is 6.41. The van der Waals surface area contributed by atoms with Crippen LogP contribution >= 0.6 is 0 Å². The van der Waals surface area contributed by atoms with Crippen LogP contribution in [0.15, 0.2) is 0 Å². The molecule has 0 aliphatic carbocycles. The third-order valence-electron chi connectivity index (χ3n) is 2.26. The molecule has 0 radical (unpaired) electrons. The third-order valence-corrected chi connectivity index (χ3v) is 2.26. The molecular formula is C7H7NO4. The highest BCUT2D eigenvalue weighted by Gasteiger charge is 2.50. The summed E-state index contributed by atoms with van der Waals surface area (Å²) in [4.78, 5) is 33.7. The van der Waals surface area contributed by atoms with Crippen molar-refractivity contribution in [3.05, 3.63) is 0 Å². The van der Waals surface area contributed by atoms with Crippen LogP contribution in [0.2, 0.25) is 0 Å². The molecule has 0 aromatic carbocycles. The van der Waals surface area contributed by atoms with Gasteiger partial charge in [-0.1, -0.05) is 0 Å². The van der Waals surface area contributed by atoms with Crippen LogP contribution in [0, 0.1) is 0 Å². The number of hydrogen-bond donors (Lipinski definition) is 1. The summed E-state index contributed by atoms with van der Waals surface area (Å²) in [6.07, 6.45) is -0.815. The van der Waals surface area contributed by atoms with Gasteiger partial charge in [-0.25, -0.2) is 0 Å². The van der Waals surface area contributed by atoms with Gasteiger partial charge < -0.3 is 5.11 Å². The van der Waals surface area contributed by atoms with Gasteiger partial charge in [-0.2, -0.15) is 0 Å². The number of fused-ring (bicyclic) bond motifs is 1. The molecule has 2 rings (SSSR count). The van der Waals surface area contributed by atoms with E-state index in [1.807, 2.05) is 0 Å². The van der Waals surface area contributed by atoms with Crippen molar-refractivity contribution >= 4 is 17.6 Å². The van der Waals surface area contributed by atoms with Gasteiger partial charge in [0.1, 0.15) is 6.10 Å². The lowest BCUT2D eigenvalue weighted by atomic mass is 10.1.